The smallest absolute Gasteiger partial charge is 0.394 e. The molecule has 0 aliphatic carbocycles. The van der Waals surface area contributed by atoms with Crippen molar-refractivity contribution in [1.82, 2.24) is 15.5 Å². The van der Waals surface area contributed by atoms with Gasteiger partial charge < -0.3 is 21.1 Å². The van der Waals surface area contributed by atoms with Crippen molar-refractivity contribution in [3.63, 3.8) is 0 Å². The van der Waals surface area contributed by atoms with Crippen molar-refractivity contribution in [2.75, 3.05) is 17.2 Å². The maximum Gasteiger partial charge on any atom is 0.416 e. The molecule has 4 rings (SSSR count). The van der Waals surface area contributed by atoms with Crippen LogP contribution in [0.2, 0.25) is 0 Å². The third kappa shape index (κ3) is 5.58. The number of aromatic nitrogens is 2. The van der Waals surface area contributed by atoms with Gasteiger partial charge in [-0.15, -0.1) is 0 Å². The largest absolute Gasteiger partial charge is 0.416 e. The Balaban J connectivity index is 1.48. The number of carbonyl (C=O) groups is 2. The van der Waals surface area contributed by atoms with Crippen LogP contribution in [0.25, 0.3) is 10.9 Å². The number of amides is 2. The van der Waals surface area contributed by atoms with E-state index in [1.54, 1.807) is 36.5 Å². The number of aliphatic hydroxyl groups is 1. The number of aliphatic hydroxyl groups excluding tert-OH is 1. The van der Waals surface area contributed by atoms with Crippen molar-refractivity contribution in [3.8, 4) is 0 Å². The average molecular weight is 483 g/mol. The van der Waals surface area contributed by atoms with Gasteiger partial charge in [-0.25, -0.2) is 0 Å². The molecule has 0 radical (unpaired) electrons. The normalized spacial score (nSPS) is 12.2. The van der Waals surface area contributed by atoms with Crippen LogP contribution in [0.1, 0.15) is 15.9 Å². The van der Waals surface area contributed by atoms with Gasteiger partial charge in [-0.3, -0.25) is 14.7 Å². The molecule has 4 aromatic rings. The van der Waals surface area contributed by atoms with E-state index in [-0.39, 0.29) is 16.9 Å². The zero-order valence-corrected chi connectivity index (χ0v) is 18.1. The quantitative estimate of drug-likeness (QED) is 0.272. The molecule has 0 saturated carbocycles. The summed E-state index contributed by atoms with van der Waals surface area (Å²) >= 11 is 0. The van der Waals surface area contributed by atoms with Gasteiger partial charge in [0.2, 0.25) is 5.91 Å². The maximum atomic E-state index is 13.0. The molecule has 0 aliphatic heterocycles. The topological polar surface area (TPSA) is 119 Å². The Bertz CT molecular complexity index is 1370. The molecule has 0 aliphatic rings. The second kappa shape index (κ2) is 9.85. The summed E-state index contributed by atoms with van der Waals surface area (Å²) in [6.07, 6.45) is -2.89. The van der Waals surface area contributed by atoms with Crippen molar-refractivity contribution in [1.29, 1.82) is 0 Å². The minimum Gasteiger partial charge on any atom is -0.394 e. The van der Waals surface area contributed by atoms with Gasteiger partial charge in [0.05, 0.1) is 35.1 Å². The van der Waals surface area contributed by atoms with E-state index in [1.807, 2.05) is 0 Å². The van der Waals surface area contributed by atoms with E-state index in [1.165, 1.54) is 24.3 Å². The van der Waals surface area contributed by atoms with Crippen LogP contribution in [0.3, 0.4) is 0 Å². The standard InChI is InChI=1S/C24H20F3N5O3/c25-24(26,27)15-4-3-5-16(10-15)29-19-7-2-1-6-18(19)22(34)31-21(13-33)23(35)30-17-9-8-14-12-28-32-20(14)11-17/h1-12,21,29,33H,13H2,(H,28,32)(H,30,35)(H,31,34). The first-order valence-electron chi connectivity index (χ1n) is 10.4. The molecule has 11 heteroatoms. The molecule has 0 saturated heterocycles. The first-order valence-corrected chi connectivity index (χ1v) is 10.4. The lowest BCUT2D eigenvalue weighted by atomic mass is 10.1. The van der Waals surface area contributed by atoms with Gasteiger partial charge in [0, 0.05) is 16.8 Å². The van der Waals surface area contributed by atoms with E-state index in [4.69, 9.17) is 0 Å². The van der Waals surface area contributed by atoms with E-state index >= 15 is 0 Å². The Hall–Kier alpha value is -4.38. The Morgan fingerprint density at radius 3 is 2.57 bits per heavy atom. The number of para-hydroxylation sites is 1. The number of nitrogens with zero attached hydrogens (tertiary/aromatic N) is 1. The molecule has 0 spiro atoms. The van der Waals surface area contributed by atoms with Crippen molar-refractivity contribution in [3.05, 3.63) is 84.1 Å². The molecule has 0 fully saturated rings. The minimum atomic E-state index is -4.52. The van der Waals surface area contributed by atoms with Crippen molar-refractivity contribution in [2.45, 2.75) is 12.2 Å². The fourth-order valence-corrected chi connectivity index (χ4v) is 3.39. The lowest BCUT2D eigenvalue weighted by Gasteiger charge is -2.18. The number of hydrogen-bond acceptors (Lipinski definition) is 5. The number of H-pyrrole nitrogens is 1. The summed E-state index contributed by atoms with van der Waals surface area (Å²) < 4.78 is 39.1. The van der Waals surface area contributed by atoms with Gasteiger partial charge in [0.25, 0.3) is 5.91 Å². The van der Waals surface area contributed by atoms with Crippen LogP contribution < -0.4 is 16.0 Å². The van der Waals surface area contributed by atoms with Crippen molar-refractivity contribution >= 4 is 39.8 Å². The number of rotatable bonds is 7. The Labute approximate surface area is 197 Å². The number of carbonyl (C=O) groups excluding carboxylic acids is 2. The summed E-state index contributed by atoms with van der Waals surface area (Å²) in [6, 6.07) is 14.5. The minimum absolute atomic E-state index is 0.0787. The molecule has 180 valence electrons. The molecular formula is C24H20F3N5O3. The van der Waals surface area contributed by atoms with Crippen LogP contribution in [0.15, 0.2) is 72.9 Å². The lowest BCUT2D eigenvalue weighted by molar-refractivity contribution is -0.137. The van der Waals surface area contributed by atoms with Crippen LogP contribution in [0, 0.1) is 0 Å². The fraction of sp³-hybridized carbons (Fsp3) is 0.125. The predicted molar refractivity (Wildman–Crippen MR) is 124 cm³/mol. The third-order valence-electron chi connectivity index (χ3n) is 5.15. The number of anilines is 3. The predicted octanol–water partition coefficient (Wildman–Crippen LogP) is 4.05. The zero-order valence-electron chi connectivity index (χ0n) is 18.1. The molecule has 5 N–H and O–H groups in total. The first-order chi connectivity index (χ1) is 16.7. The number of aromatic amines is 1. The molecule has 35 heavy (non-hydrogen) atoms. The number of halogens is 3. The Kier molecular flexibility index (Phi) is 6.69. The molecule has 1 aromatic heterocycles. The summed E-state index contributed by atoms with van der Waals surface area (Å²) in [5.41, 5.74) is 0.731. The number of benzene rings is 3. The summed E-state index contributed by atoms with van der Waals surface area (Å²) in [4.78, 5) is 25.6. The van der Waals surface area contributed by atoms with E-state index < -0.39 is 36.2 Å². The highest BCUT2D eigenvalue weighted by Crippen LogP contribution is 2.32. The molecule has 2 amide bonds. The van der Waals surface area contributed by atoms with E-state index in [9.17, 15) is 27.9 Å². The van der Waals surface area contributed by atoms with E-state index in [0.29, 0.717) is 11.2 Å². The summed E-state index contributed by atoms with van der Waals surface area (Å²) in [5.74, 6) is -1.35. The molecule has 1 unspecified atom stereocenters. The van der Waals surface area contributed by atoms with Crippen LogP contribution in [0.5, 0.6) is 0 Å². The summed E-state index contributed by atoms with van der Waals surface area (Å²) in [6.45, 7) is -0.674. The van der Waals surface area contributed by atoms with Gasteiger partial charge in [0.1, 0.15) is 6.04 Å². The molecule has 1 heterocycles. The average Bonchev–Trinajstić information content (AvgIpc) is 3.30. The molecule has 8 nitrogen and oxygen atoms in total. The number of alkyl halides is 3. The lowest BCUT2D eigenvalue weighted by Crippen LogP contribution is -2.46. The van der Waals surface area contributed by atoms with Crippen LogP contribution in [-0.4, -0.2) is 39.8 Å². The maximum absolute atomic E-state index is 13.0. The third-order valence-corrected chi connectivity index (χ3v) is 5.15. The number of fused-ring (bicyclic) bond motifs is 1. The molecular weight excluding hydrogens is 463 g/mol. The van der Waals surface area contributed by atoms with Crippen LogP contribution >= 0.6 is 0 Å². The van der Waals surface area contributed by atoms with E-state index in [2.05, 4.69) is 26.1 Å². The highest BCUT2D eigenvalue weighted by molar-refractivity contribution is 6.04. The van der Waals surface area contributed by atoms with Gasteiger partial charge in [0.15, 0.2) is 0 Å². The second-order valence-corrected chi connectivity index (χ2v) is 7.62. The fourth-order valence-electron chi connectivity index (χ4n) is 3.39. The number of hydrogen-bond donors (Lipinski definition) is 5. The Morgan fingerprint density at radius 1 is 1.00 bits per heavy atom. The second-order valence-electron chi connectivity index (χ2n) is 7.62. The monoisotopic (exact) mass is 483 g/mol. The number of nitrogens with one attached hydrogen (secondary N) is 4. The van der Waals surface area contributed by atoms with E-state index in [0.717, 1.165) is 17.5 Å². The SMILES string of the molecule is O=C(NC(CO)C(=O)Nc1ccc2cn[nH]c2c1)c1ccccc1Nc1cccc(C(F)(F)F)c1. The van der Waals surface area contributed by atoms with Crippen LogP contribution in [-0.2, 0) is 11.0 Å². The summed E-state index contributed by atoms with van der Waals surface area (Å²) in [5, 5.41) is 25.1. The van der Waals surface area contributed by atoms with Crippen LogP contribution in [0.4, 0.5) is 30.2 Å². The van der Waals surface area contributed by atoms with Crippen molar-refractivity contribution in [2.24, 2.45) is 0 Å². The zero-order chi connectivity index (χ0) is 25.0. The molecule has 3 aromatic carbocycles. The molecule has 1 atom stereocenters. The van der Waals surface area contributed by atoms with Gasteiger partial charge >= 0.3 is 6.18 Å². The van der Waals surface area contributed by atoms with Gasteiger partial charge in [-0.2, -0.15) is 18.3 Å². The Morgan fingerprint density at radius 2 is 1.80 bits per heavy atom. The van der Waals surface area contributed by atoms with Gasteiger partial charge in [-0.05, 0) is 48.5 Å². The highest BCUT2D eigenvalue weighted by atomic mass is 19.4. The first kappa shape index (κ1) is 23.8. The van der Waals surface area contributed by atoms with Gasteiger partial charge in [-0.1, -0.05) is 18.2 Å². The summed E-state index contributed by atoms with van der Waals surface area (Å²) in [7, 11) is 0. The van der Waals surface area contributed by atoms with Crippen molar-refractivity contribution < 1.29 is 27.9 Å². The molecule has 0 bridgehead atoms. The highest BCUT2D eigenvalue weighted by Gasteiger charge is 2.30.